The molecule has 0 heterocycles. The number of hydrogen-bond acceptors (Lipinski definition) is 2. The molecule has 0 fully saturated rings. The van der Waals surface area contributed by atoms with Gasteiger partial charge in [-0.15, -0.1) is 0 Å². The van der Waals surface area contributed by atoms with Gasteiger partial charge in [-0.3, -0.25) is 9.59 Å². The van der Waals surface area contributed by atoms with E-state index in [-0.39, 0.29) is 11.6 Å². The van der Waals surface area contributed by atoms with Crippen LogP contribution in [-0.2, 0) is 0 Å². The highest BCUT2D eigenvalue weighted by Crippen LogP contribution is 2.26. The van der Waals surface area contributed by atoms with Crippen molar-refractivity contribution in [2.24, 2.45) is 0 Å². The summed E-state index contributed by atoms with van der Waals surface area (Å²) in [4.78, 5) is 24.2. The molecule has 0 saturated carbocycles. The van der Waals surface area contributed by atoms with Crippen LogP contribution >= 0.6 is 0 Å². The van der Waals surface area contributed by atoms with Crippen molar-refractivity contribution < 1.29 is 11.0 Å². The number of ketones is 2. The summed E-state index contributed by atoms with van der Waals surface area (Å²) in [5, 5.41) is 0. The van der Waals surface area contributed by atoms with E-state index in [1.165, 1.54) is 7.40 Å². The quantitative estimate of drug-likeness (QED) is 0.605. The first-order valence-corrected chi connectivity index (χ1v) is 6.06. The monoisotopic (exact) mass is 255 g/mol. The van der Waals surface area contributed by atoms with Crippen LogP contribution < -0.4 is 0 Å². The predicted molar refractivity (Wildman–Crippen MR) is 77.8 cm³/mol. The lowest BCUT2D eigenvalue weighted by Crippen LogP contribution is -2.20. The van der Waals surface area contributed by atoms with Crippen LogP contribution in [0.25, 0.3) is 0 Å². The zero-order chi connectivity index (χ0) is 15.1. The Hall–Kier alpha value is -2.22. The van der Waals surface area contributed by atoms with Gasteiger partial charge in [-0.1, -0.05) is 69.8 Å². The van der Waals surface area contributed by atoms with E-state index in [2.05, 4.69) is 0 Å². The van der Waals surface area contributed by atoms with Gasteiger partial charge >= 0.3 is 0 Å². The summed E-state index contributed by atoms with van der Waals surface area (Å²) in [6.45, 7) is 4.00. The van der Waals surface area contributed by atoms with E-state index in [1.807, 2.05) is 13.8 Å². The first-order chi connectivity index (χ1) is 9.79. The molecule has 98 valence electrons. The van der Waals surface area contributed by atoms with Crippen LogP contribution in [-0.4, -0.2) is 11.6 Å². The van der Waals surface area contributed by atoms with Crippen LogP contribution in [0.5, 0.6) is 0 Å². The van der Waals surface area contributed by atoms with E-state index in [4.69, 9.17) is 1.37 Å². The normalized spacial score (nSPS) is 11.8. The molecule has 0 N–H and O–H groups in total. The van der Waals surface area contributed by atoms with Crippen molar-refractivity contribution in [1.29, 1.82) is 0 Å². The minimum absolute atomic E-state index is 0.0641. The fourth-order valence-electron chi connectivity index (χ4n) is 2.05. The van der Waals surface area contributed by atoms with Crippen molar-refractivity contribution in [1.82, 2.24) is 0 Å². The van der Waals surface area contributed by atoms with E-state index in [0.717, 1.165) is 0 Å². The molecule has 2 aromatic carbocycles. The topological polar surface area (TPSA) is 34.1 Å². The Morgan fingerprint density at radius 3 is 1.11 bits per heavy atom. The van der Waals surface area contributed by atoms with Gasteiger partial charge in [0.05, 0.1) is 0 Å². The number of benzene rings is 2. The molecule has 0 aliphatic heterocycles. The molecule has 19 heavy (non-hydrogen) atoms. The molecule has 0 atom stereocenters. The fourth-order valence-corrected chi connectivity index (χ4v) is 2.05. The molecule has 1 aliphatic rings. The van der Waals surface area contributed by atoms with Crippen molar-refractivity contribution in [3.8, 4) is 0 Å². The Morgan fingerprint density at radius 2 is 0.895 bits per heavy atom. The lowest BCUT2D eigenvalue weighted by Gasteiger charge is -2.16. The van der Waals surface area contributed by atoms with E-state index >= 15 is 0 Å². The standard InChI is InChI=1S/C14H8O2.C2H6.CH4/c15-13-9-5-1-2-6-10(9)14(16)12-8-4-3-7-11(12)13;1-2;/h1-8H;1-2H3;1H4/i;;1D. The molecule has 0 radical (unpaired) electrons. The van der Waals surface area contributed by atoms with Crippen LogP contribution in [0.4, 0.5) is 0 Å². The van der Waals surface area contributed by atoms with Crippen molar-refractivity contribution in [2.75, 3.05) is 0 Å². The summed E-state index contributed by atoms with van der Waals surface area (Å²) in [6.07, 6.45) is 0. The summed E-state index contributed by atoms with van der Waals surface area (Å²) >= 11 is 0. The van der Waals surface area contributed by atoms with Crippen molar-refractivity contribution in [3.63, 3.8) is 0 Å². The highest BCUT2D eigenvalue weighted by atomic mass is 16.1. The first-order valence-electron chi connectivity index (χ1n) is 7.06. The number of carbonyl (C=O) groups excluding carboxylic acids is 2. The highest BCUT2D eigenvalue weighted by molar-refractivity contribution is 6.28. The summed E-state index contributed by atoms with van der Waals surface area (Å²) in [7, 11) is 1.25. The van der Waals surface area contributed by atoms with E-state index in [1.54, 1.807) is 48.5 Å². The van der Waals surface area contributed by atoms with E-state index in [0.29, 0.717) is 22.3 Å². The average molecular weight is 255 g/mol. The second-order valence-electron chi connectivity index (χ2n) is 3.75. The molecular formula is C17H18O2. The van der Waals surface area contributed by atoms with Crippen molar-refractivity contribution in [3.05, 3.63) is 70.8 Å². The summed E-state index contributed by atoms with van der Waals surface area (Å²) in [5.41, 5.74) is 2.02. The highest BCUT2D eigenvalue weighted by Gasteiger charge is 2.28. The molecule has 0 aromatic heterocycles. The van der Waals surface area contributed by atoms with Crippen molar-refractivity contribution >= 4 is 11.6 Å². The SMILES string of the molecule is CC.O=C1c2ccccc2C(=O)c2ccccc21.[2H]C. The van der Waals surface area contributed by atoms with Gasteiger partial charge in [-0.25, -0.2) is 0 Å². The Morgan fingerprint density at radius 1 is 0.684 bits per heavy atom. The van der Waals surface area contributed by atoms with E-state index < -0.39 is 0 Å². The molecule has 2 heteroatoms. The Bertz CT molecular complexity index is 512. The van der Waals surface area contributed by atoms with Crippen LogP contribution in [0.3, 0.4) is 0 Å². The molecule has 0 saturated heterocycles. The number of rotatable bonds is 0. The Kier molecular flexibility index (Phi) is 4.24. The van der Waals surface area contributed by atoms with Gasteiger partial charge in [-0.2, -0.15) is 0 Å². The fraction of sp³-hybridized carbons (Fsp3) is 0.176. The molecule has 1 aliphatic carbocycles. The van der Waals surface area contributed by atoms with Gasteiger partial charge in [0.15, 0.2) is 11.6 Å². The van der Waals surface area contributed by atoms with E-state index in [9.17, 15) is 9.59 Å². The minimum atomic E-state index is -0.0641. The summed E-state index contributed by atoms with van der Waals surface area (Å²) < 4.78 is 5.75. The lowest BCUT2D eigenvalue weighted by atomic mass is 9.84. The molecule has 2 aromatic rings. The van der Waals surface area contributed by atoms with Gasteiger partial charge in [0.1, 0.15) is 0 Å². The Labute approximate surface area is 115 Å². The number of fused-ring (bicyclic) bond motifs is 2. The van der Waals surface area contributed by atoms with Gasteiger partial charge < -0.3 is 0 Å². The van der Waals surface area contributed by atoms with Crippen molar-refractivity contribution in [2.45, 2.75) is 21.3 Å². The largest absolute Gasteiger partial charge is 0.289 e. The molecule has 3 rings (SSSR count). The minimum Gasteiger partial charge on any atom is -0.289 e. The maximum Gasteiger partial charge on any atom is 0.194 e. The van der Waals surface area contributed by atoms with Crippen LogP contribution in [0.1, 0.15) is 54.5 Å². The molecule has 0 unspecified atom stereocenters. The first kappa shape index (κ1) is 13.2. The van der Waals surface area contributed by atoms with Gasteiger partial charge in [0.2, 0.25) is 0 Å². The predicted octanol–water partition coefficient (Wildman–Crippen LogP) is 4.12. The third-order valence-corrected chi connectivity index (χ3v) is 2.83. The van der Waals surface area contributed by atoms with Gasteiger partial charge in [0.25, 0.3) is 0 Å². The lowest BCUT2D eigenvalue weighted by molar-refractivity contribution is 0.0979. The van der Waals surface area contributed by atoms with Gasteiger partial charge in [0, 0.05) is 23.6 Å². The number of carbonyl (C=O) groups is 2. The summed E-state index contributed by atoms with van der Waals surface area (Å²) in [5.74, 6) is -0.128. The van der Waals surface area contributed by atoms with Crippen LogP contribution in [0, 0.1) is 0 Å². The molecule has 0 spiro atoms. The third-order valence-electron chi connectivity index (χ3n) is 2.83. The zero-order valence-electron chi connectivity index (χ0n) is 12.4. The summed E-state index contributed by atoms with van der Waals surface area (Å²) in [6, 6.07) is 13.9. The Balaban J connectivity index is 0.000000461. The molecule has 0 amide bonds. The zero-order valence-corrected chi connectivity index (χ0v) is 11.4. The maximum atomic E-state index is 12.1. The maximum absolute atomic E-state index is 12.1. The molecule has 0 bridgehead atoms. The van der Waals surface area contributed by atoms with Gasteiger partial charge in [-0.05, 0) is 0 Å². The molecular weight excluding hydrogens is 236 g/mol. The number of hydrogen-bond donors (Lipinski definition) is 0. The average Bonchev–Trinajstić information content (AvgIpc) is 2.56. The van der Waals surface area contributed by atoms with Crippen LogP contribution in [0.2, 0.25) is 0 Å². The van der Waals surface area contributed by atoms with Crippen LogP contribution in [0.15, 0.2) is 48.5 Å². The third kappa shape index (κ3) is 2.34. The second kappa shape index (κ2) is 6.10. The molecule has 2 nitrogen and oxygen atoms in total. The smallest absolute Gasteiger partial charge is 0.194 e. The second-order valence-corrected chi connectivity index (χ2v) is 3.75.